The second kappa shape index (κ2) is 7.38. The zero-order valence-corrected chi connectivity index (χ0v) is 10.2. The van der Waals surface area contributed by atoms with E-state index in [0.29, 0.717) is 17.9 Å². The van der Waals surface area contributed by atoms with Crippen molar-refractivity contribution in [3.63, 3.8) is 0 Å². The van der Waals surface area contributed by atoms with E-state index in [-0.39, 0.29) is 11.5 Å². The molecule has 5 heteroatoms. The largest absolute Gasteiger partial charge is 0.462 e. The van der Waals surface area contributed by atoms with Gasteiger partial charge in [-0.3, -0.25) is 5.41 Å². The van der Waals surface area contributed by atoms with Crippen molar-refractivity contribution in [2.75, 3.05) is 12.3 Å². The molecule has 94 valence electrons. The monoisotopic (exact) mass is 240 g/mol. The summed E-state index contributed by atoms with van der Waals surface area (Å²) in [6.45, 7) is 5.14. The minimum absolute atomic E-state index is 0.0492. The summed E-state index contributed by atoms with van der Waals surface area (Å²) < 4.78 is 16.9. The maximum Gasteiger partial charge on any atom is 0.351 e. The van der Waals surface area contributed by atoms with Crippen LogP contribution >= 0.6 is 0 Å². The van der Waals surface area contributed by atoms with E-state index >= 15 is 0 Å². The molecular weight excluding hydrogens is 223 g/mol. The van der Waals surface area contributed by atoms with Gasteiger partial charge in [0.25, 0.3) is 0 Å². The SMILES string of the molecule is CCOC(=O)C(C)=N.Cc1cc(N)ccc1F. The number of ether oxygens (including phenoxy) is 1. The molecule has 0 spiro atoms. The van der Waals surface area contributed by atoms with E-state index in [0.717, 1.165) is 0 Å². The third-order valence-corrected chi connectivity index (χ3v) is 1.76. The highest BCUT2D eigenvalue weighted by atomic mass is 19.1. The molecule has 0 radical (unpaired) electrons. The topological polar surface area (TPSA) is 76.2 Å². The molecule has 0 atom stereocenters. The molecule has 0 aromatic heterocycles. The van der Waals surface area contributed by atoms with Crippen molar-refractivity contribution < 1.29 is 13.9 Å². The van der Waals surface area contributed by atoms with Gasteiger partial charge in [-0.15, -0.1) is 0 Å². The van der Waals surface area contributed by atoms with Crippen molar-refractivity contribution in [1.82, 2.24) is 0 Å². The molecule has 0 saturated carbocycles. The Morgan fingerprint density at radius 1 is 1.53 bits per heavy atom. The fourth-order valence-corrected chi connectivity index (χ4v) is 0.907. The zero-order chi connectivity index (χ0) is 13.4. The number of hydrogen-bond donors (Lipinski definition) is 2. The number of carbonyl (C=O) groups excluding carboxylic acids is 1. The maximum atomic E-state index is 12.4. The van der Waals surface area contributed by atoms with Crippen molar-refractivity contribution in [2.24, 2.45) is 0 Å². The van der Waals surface area contributed by atoms with Gasteiger partial charge >= 0.3 is 5.97 Å². The van der Waals surface area contributed by atoms with Crippen molar-refractivity contribution >= 4 is 17.4 Å². The van der Waals surface area contributed by atoms with Gasteiger partial charge in [0.1, 0.15) is 11.5 Å². The third kappa shape index (κ3) is 6.29. The van der Waals surface area contributed by atoms with Crippen LogP contribution in [-0.4, -0.2) is 18.3 Å². The Labute approximate surface area is 100 Å². The van der Waals surface area contributed by atoms with Gasteiger partial charge < -0.3 is 10.5 Å². The number of halogens is 1. The average molecular weight is 240 g/mol. The molecule has 1 aromatic rings. The molecule has 0 amide bonds. The number of nitrogens with one attached hydrogen (secondary N) is 1. The van der Waals surface area contributed by atoms with Gasteiger partial charge in [-0.2, -0.15) is 0 Å². The van der Waals surface area contributed by atoms with E-state index in [1.165, 1.54) is 13.0 Å². The molecule has 0 aliphatic carbocycles. The Bertz CT molecular complexity index is 405. The summed E-state index contributed by atoms with van der Waals surface area (Å²) in [5, 5.41) is 6.73. The van der Waals surface area contributed by atoms with Gasteiger partial charge in [0.2, 0.25) is 0 Å². The Balaban J connectivity index is 0.000000304. The number of nitrogens with two attached hydrogens (primary N) is 1. The Hall–Kier alpha value is -1.91. The number of aryl methyl sites for hydroxylation is 1. The zero-order valence-electron chi connectivity index (χ0n) is 10.2. The lowest BCUT2D eigenvalue weighted by Crippen LogP contribution is -2.12. The van der Waals surface area contributed by atoms with Gasteiger partial charge in [-0.25, -0.2) is 9.18 Å². The van der Waals surface area contributed by atoms with Gasteiger partial charge in [-0.05, 0) is 44.5 Å². The Kier molecular flexibility index (Phi) is 6.55. The maximum absolute atomic E-state index is 12.4. The van der Waals surface area contributed by atoms with Gasteiger partial charge in [-0.1, -0.05) is 0 Å². The van der Waals surface area contributed by atoms with Crippen LogP contribution in [0.3, 0.4) is 0 Å². The quantitative estimate of drug-likeness (QED) is 0.473. The summed E-state index contributed by atoms with van der Waals surface area (Å²) in [6.07, 6.45) is 0. The van der Waals surface area contributed by atoms with Crippen LogP contribution in [0.2, 0.25) is 0 Å². The summed E-state index contributed by atoms with van der Waals surface area (Å²) in [5.41, 5.74) is 6.51. The number of esters is 1. The second-order valence-corrected chi connectivity index (χ2v) is 3.35. The molecule has 1 rings (SSSR count). The number of rotatable bonds is 2. The smallest absolute Gasteiger partial charge is 0.351 e. The van der Waals surface area contributed by atoms with Gasteiger partial charge in [0.05, 0.1) is 6.61 Å². The Morgan fingerprint density at radius 2 is 2.12 bits per heavy atom. The summed E-state index contributed by atoms with van der Waals surface area (Å²) in [6, 6.07) is 4.52. The fourth-order valence-electron chi connectivity index (χ4n) is 0.907. The first kappa shape index (κ1) is 15.1. The second-order valence-electron chi connectivity index (χ2n) is 3.35. The van der Waals surface area contributed by atoms with Crippen LogP contribution in [-0.2, 0) is 9.53 Å². The molecule has 3 N–H and O–H groups in total. The molecule has 0 saturated heterocycles. The van der Waals surface area contributed by atoms with Crippen LogP contribution in [0.5, 0.6) is 0 Å². The lowest BCUT2D eigenvalue weighted by molar-refractivity contribution is -0.135. The number of nitrogen functional groups attached to an aromatic ring is 1. The van der Waals surface area contributed by atoms with Crippen LogP contribution < -0.4 is 5.73 Å². The minimum Gasteiger partial charge on any atom is -0.462 e. The predicted molar refractivity (Wildman–Crippen MR) is 65.6 cm³/mol. The Morgan fingerprint density at radius 3 is 2.41 bits per heavy atom. The summed E-state index contributed by atoms with van der Waals surface area (Å²) in [4.78, 5) is 10.3. The van der Waals surface area contributed by atoms with E-state index in [2.05, 4.69) is 4.74 Å². The van der Waals surface area contributed by atoms with Crippen LogP contribution in [0.25, 0.3) is 0 Å². The lowest BCUT2D eigenvalue weighted by Gasteiger charge is -1.95. The normalized spacial score (nSPS) is 8.94. The molecule has 1 aromatic carbocycles. The van der Waals surface area contributed by atoms with E-state index in [1.807, 2.05) is 0 Å². The molecule has 0 heterocycles. The predicted octanol–water partition coefficient (Wildman–Crippen LogP) is 2.31. The number of benzene rings is 1. The minimum atomic E-state index is -0.535. The highest BCUT2D eigenvalue weighted by molar-refractivity contribution is 6.33. The lowest BCUT2D eigenvalue weighted by atomic mass is 10.2. The standard InChI is InChI=1S/C7H8FN.C5H9NO2/c1-5-4-6(9)2-3-7(5)8;1-3-8-5(7)4(2)6/h2-4H,9H2,1H3;6H,3H2,1-2H3. The van der Waals surface area contributed by atoms with Gasteiger partial charge in [0, 0.05) is 5.69 Å². The summed E-state index contributed by atoms with van der Waals surface area (Å²) >= 11 is 0. The molecule has 0 aliphatic rings. The summed E-state index contributed by atoms with van der Waals surface area (Å²) in [7, 11) is 0. The molecule has 0 unspecified atom stereocenters. The molecule has 17 heavy (non-hydrogen) atoms. The highest BCUT2D eigenvalue weighted by Gasteiger charge is 2.00. The molecular formula is C12H17FN2O2. The van der Waals surface area contributed by atoms with E-state index in [4.69, 9.17) is 11.1 Å². The number of anilines is 1. The van der Waals surface area contributed by atoms with Crippen molar-refractivity contribution in [1.29, 1.82) is 5.41 Å². The first-order valence-electron chi connectivity index (χ1n) is 5.12. The molecule has 0 fully saturated rings. The van der Waals surface area contributed by atoms with Crippen molar-refractivity contribution in [3.8, 4) is 0 Å². The first-order chi connectivity index (χ1) is 7.88. The van der Waals surface area contributed by atoms with Crippen LogP contribution in [0, 0.1) is 18.2 Å². The number of carbonyl (C=O) groups is 1. The van der Waals surface area contributed by atoms with Crippen molar-refractivity contribution in [3.05, 3.63) is 29.6 Å². The number of hydrogen-bond acceptors (Lipinski definition) is 4. The van der Waals surface area contributed by atoms with Gasteiger partial charge in [0.15, 0.2) is 0 Å². The molecule has 4 nitrogen and oxygen atoms in total. The van der Waals surface area contributed by atoms with E-state index in [1.54, 1.807) is 26.0 Å². The van der Waals surface area contributed by atoms with E-state index < -0.39 is 5.97 Å². The molecule has 0 aliphatic heterocycles. The molecule has 0 bridgehead atoms. The average Bonchev–Trinajstić information content (AvgIpc) is 2.25. The van der Waals surface area contributed by atoms with Crippen LogP contribution in [0.4, 0.5) is 10.1 Å². The fraction of sp³-hybridized carbons (Fsp3) is 0.333. The third-order valence-electron chi connectivity index (χ3n) is 1.76. The highest BCUT2D eigenvalue weighted by Crippen LogP contribution is 2.09. The van der Waals surface area contributed by atoms with Crippen LogP contribution in [0.1, 0.15) is 19.4 Å². The van der Waals surface area contributed by atoms with Crippen molar-refractivity contribution in [2.45, 2.75) is 20.8 Å². The van der Waals surface area contributed by atoms with Crippen LogP contribution in [0.15, 0.2) is 18.2 Å². The first-order valence-corrected chi connectivity index (χ1v) is 5.12. The van der Waals surface area contributed by atoms with E-state index in [9.17, 15) is 9.18 Å². The summed E-state index contributed by atoms with van der Waals surface area (Å²) in [5.74, 6) is -0.739.